The van der Waals surface area contributed by atoms with Gasteiger partial charge in [0.15, 0.2) is 0 Å². The second-order valence-electron chi connectivity index (χ2n) is 5.03. The van der Waals surface area contributed by atoms with Crippen LogP contribution in [-0.4, -0.2) is 22.4 Å². The molecule has 1 aromatic carbocycles. The molecule has 2 heterocycles. The summed E-state index contributed by atoms with van der Waals surface area (Å²) < 4.78 is 0. The maximum Gasteiger partial charge on any atom is 0.239 e. The standard InChI is InChI=1S/C17H15N5O/c18-8-12-4-5-15(20-9-12)21-11-16(23)22-10-14-3-1-2-13-6-7-19-17(13)14/h1-7,9,19H,10-11H2,(H,20,21)(H,22,23). The highest BCUT2D eigenvalue weighted by molar-refractivity contribution is 5.84. The van der Waals surface area contributed by atoms with Crippen LogP contribution in [0, 0.1) is 11.3 Å². The summed E-state index contributed by atoms with van der Waals surface area (Å²) in [5.41, 5.74) is 2.56. The van der Waals surface area contributed by atoms with E-state index in [-0.39, 0.29) is 12.5 Å². The first kappa shape index (κ1) is 14.6. The van der Waals surface area contributed by atoms with Crippen LogP contribution in [0.25, 0.3) is 10.9 Å². The van der Waals surface area contributed by atoms with Gasteiger partial charge in [-0.05, 0) is 29.1 Å². The monoisotopic (exact) mass is 305 g/mol. The number of para-hydroxylation sites is 1. The van der Waals surface area contributed by atoms with Crippen LogP contribution in [0.3, 0.4) is 0 Å². The largest absolute Gasteiger partial charge is 0.361 e. The zero-order chi connectivity index (χ0) is 16.1. The van der Waals surface area contributed by atoms with E-state index in [1.54, 1.807) is 12.1 Å². The van der Waals surface area contributed by atoms with E-state index in [1.807, 2.05) is 36.5 Å². The summed E-state index contributed by atoms with van der Waals surface area (Å²) in [4.78, 5) is 19.2. The number of nitrogens with one attached hydrogen (secondary N) is 3. The number of amides is 1. The van der Waals surface area contributed by atoms with Crippen LogP contribution < -0.4 is 10.6 Å². The van der Waals surface area contributed by atoms with Crippen molar-refractivity contribution in [1.29, 1.82) is 5.26 Å². The zero-order valence-corrected chi connectivity index (χ0v) is 12.3. The van der Waals surface area contributed by atoms with Crippen molar-refractivity contribution in [2.75, 3.05) is 11.9 Å². The van der Waals surface area contributed by atoms with Gasteiger partial charge in [0.05, 0.1) is 17.6 Å². The molecule has 114 valence electrons. The molecule has 1 amide bonds. The van der Waals surface area contributed by atoms with Crippen LogP contribution in [0.15, 0.2) is 48.8 Å². The first-order valence-corrected chi connectivity index (χ1v) is 7.18. The lowest BCUT2D eigenvalue weighted by molar-refractivity contribution is -0.119. The number of aromatic nitrogens is 2. The quantitative estimate of drug-likeness (QED) is 0.673. The fourth-order valence-corrected chi connectivity index (χ4v) is 2.29. The fourth-order valence-electron chi connectivity index (χ4n) is 2.29. The van der Waals surface area contributed by atoms with Crippen LogP contribution in [-0.2, 0) is 11.3 Å². The van der Waals surface area contributed by atoms with Crippen molar-refractivity contribution in [2.24, 2.45) is 0 Å². The third-order valence-corrected chi connectivity index (χ3v) is 3.47. The van der Waals surface area contributed by atoms with E-state index in [2.05, 4.69) is 20.6 Å². The number of anilines is 1. The first-order chi connectivity index (χ1) is 11.3. The zero-order valence-electron chi connectivity index (χ0n) is 12.3. The summed E-state index contributed by atoms with van der Waals surface area (Å²) in [6, 6.07) is 13.3. The third-order valence-electron chi connectivity index (χ3n) is 3.47. The Labute approximate surface area is 133 Å². The molecule has 6 nitrogen and oxygen atoms in total. The molecule has 6 heteroatoms. The highest BCUT2D eigenvalue weighted by Crippen LogP contribution is 2.16. The lowest BCUT2D eigenvalue weighted by Gasteiger charge is -2.08. The van der Waals surface area contributed by atoms with Gasteiger partial charge in [-0.2, -0.15) is 5.26 Å². The predicted octanol–water partition coefficient (Wildman–Crippen LogP) is 2.16. The SMILES string of the molecule is N#Cc1ccc(NCC(=O)NCc2cccc3cc[nH]c23)nc1. The molecule has 0 unspecified atom stereocenters. The van der Waals surface area contributed by atoms with E-state index in [9.17, 15) is 4.79 Å². The van der Waals surface area contributed by atoms with E-state index < -0.39 is 0 Å². The number of fused-ring (bicyclic) bond motifs is 1. The summed E-state index contributed by atoms with van der Waals surface area (Å²) in [5.74, 6) is 0.435. The van der Waals surface area contributed by atoms with Crippen molar-refractivity contribution in [3.63, 3.8) is 0 Å². The lowest BCUT2D eigenvalue weighted by Crippen LogP contribution is -2.29. The van der Waals surface area contributed by atoms with Crippen LogP contribution in [0.1, 0.15) is 11.1 Å². The number of benzene rings is 1. The predicted molar refractivity (Wildman–Crippen MR) is 87.6 cm³/mol. The number of pyridine rings is 1. The summed E-state index contributed by atoms with van der Waals surface area (Å²) in [6.45, 7) is 0.582. The molecule has 0 atom stereocenters. The molecule has 0 aliphatic rings. The van der Waals surface area contributed by atoms with Gasteiger partial charge in [0.2, 0.25) is 5.91 Å². The minimum atomic E-state index is -0.125. The second kappa shape index (κ2) is 6.62. The molecule has 3 N–H and O–H groups in total. The van der Waals surface area contributed by atoms with E-state index in [4.69, 9.17) is 5.26 Å². The molecule has 0 saturated carbocycles. The average molecular weight is 305 g/mol. The number of aromatic amines is 1. The van der Waals surface area contributed by atoms with Gasteiger partial charge in [-0.3, -0.25) is 4.79 Å². The molecule has 0 spiro atoms. The lowest BCUT2D eigenvalue weighted by atomic mass is 10.1. The van der Waals surface area contributed by atoms with Gasteiger partial charge in [-0.1, -0.05) is 18.2 Å². The van der Waals surface area contributed by atoms with Gasteiger partial charge < -0.3 is 15.6 Å². The number of rotatable bonds is 5. The van der Waals surface area contributed by atoms with Crippen molar-refractivity contribution in [3.05, 3.63) is 59.9 Å². The van der Waals surface area contributed by atoms with Gasteiger partial charge in [-0.25, -0.2) is 4.98 Å². The van der Waals surface area contributed by atoms with Crippen LogP contribution >= 0.6 is 0 Å². The summed E-state index contributed by atoms with van der Waals surface area (Å²) >= 11 is 0. The van der Waals surface area contributed by atoms with Crippen molar-refractivity contribution in [2.45, 2.75) is 6.54 Å². The molecule has 0 aliphatic heterocycles. The number of carbonyl (C=O) groups is 1. The molecule has 0 aliphatic carbocycles. The van der Waals surface area contributed by atoms with E-state index in [0.29, 0.717) is 17.9 Å². The van der Waals surface area contributed by atoms with Gasteiger partial charge in [-0.15, -0.1) is 0 Å². The molecule has 0 saturated heterocycles. The molecule has 0 bridgehead atoms. The Hall–Kier alpha value is -3.33. The molecular formula is C17H15N5O. The summed E-state index contributed by atoms with van der Waals surface area (Å²) in [7, 11) is 0. The Bertz CT molecular complexity index is 861. The maximum absolute atomic E-state index is 11.9. The Balaban J connectivity index is 1.53. The number of H-pyrrole nitrogens is 1. The molecule has 3 aromatic rings. The van der Waals surface area contributed by atoms with Gasteiger partial charge in [0, 0.05) is 18.9 Å². The smallest absolute Gasteiger partial charge is 0.239 e. The second-order valence-corrected chi connectivity index (χ2v) is 5.03. The van der Waals surface area contributed by atoms with E-state index in [1.165, 1.54) is 6.20 Å². The van der Waals surface area contributed by atoms with Crippen LogP contribution in [0.4, 0.5) is 5.82 Å². The van der Waals surface area contributed by atoms with Crippen LogP contribution in [0.2, 0.25) is 0 Å². The molecule has 0 fully saturated rings. The fraction of sp³-hybridized carbons (Fsp3) is 0.118. The molecule has 3 rings (SSSR count). The summed E-state index contributed by atoms with van der Waals surface area (Å²) in [6.07, 6.45) is 3.35. The third kappa shape index (κ3) is 3.47. The number of hydrogen-bond acceptors (Lipinski definition) is 4. The number of carbonyl (C=O) groups excluding carboxylic acids is 1. The highest BCUT2D eigenvalue weighted by atomic mass is 16.1. The Morgan fingerprint density at radius 3 is 2.96 bits per heavy atom. The molecular weight excluding hydrogens is 290 g/mol. The van der Waals surface area contributed by atoms with E-state index in [0.717, 1.165) is 16.5 Å². The van der Waals surface area contributed by atoms with Crippen molar-refractivity contribution in [1.82, 2.24) is 15.3 Å². The number of nitrogens with zero attached hydrogens (tertiary/aromatic N) is 2. The molecule has 23 heavy (non-hydrogen) atoms. The molecule has 0 radical (unpaired) electrons. The van der Waals surface area contributed by atoms with Gasteiger partial charge in [0.1, 0.15) is 11.9 Å². The van der Waals surface area contributed by atoms with Gasteiger partial charge >= 0.3 is 0 Å². The number of nitriles is 1. The van der Waals surface area contributed by atoms with Crippen molar-refractivity contribution < 1.29 is 4.79 Å². The summed E-state index contributed by atoms with van der Waals surface area (Å²) in [5, 5.41) is 15.6. The minimum Gasteiger partial charge on any atom is -0.361 e. The Kier molecular flexibility index (Phi) is 4.20. The van der Waals surface area contributed by atoms with Crippen molar-refractivity contribution >= 4 is 22.6 Å². The van der Waals surface area contributed by atoms with Crippen molar-refractivity contribution in [3.8, 4) is 6.07 Å². The average Bonchev–Trinajstić information content (AvgIpc) is 3.07. The normalized spacial score (nSPS) is 10.2. The Morgan fingerprint density at radius 1 is 1.26 bits per heavy atom. The molecule has 2 aromatic heterocycles. The number of hydrogen-bond donors (Lipinski definition) is 3. The Morgan fingerprint density at radius 2 is 2.17 bits per heavy atom. The van der Waals surface area contributed by atoms with E-state index >= 15 is 0 Å². The highest BCUT2D eigenvalue weighted by Gasteiger charge is 2.05. The topological polar surface area (TPSA) is 93.6 Å². The first-order valence-electron chi connectivity index (χ1n) is 7.18. The maximum atomic E-state index is 11.9. The van der Waals surface area contributed by atoms with Gasteiger partial charge in [0.25, 0.3) is 0 Å². The van der Waals surface area contributed by atoms with Crippen LogP contribution in [0.5, 0.6) is 0 Å². The minimum absolute atomic E-state index is 0.125.